The van der Waals surface area contributed by atoms with Crippen molar-refractivity contribution >= 4 is 45.3 Å². The zero-order valence-corrected chi connectivity index (χ0v) is 18.0. The molecule has 144 valence electrons. The number of aromatic nitrogens is 3. The van der Waals surface area contributed by atoms with E-state index in [2.05, 4.69) is 64.7 Å². The number of benzene rings is 1. The van der Waals surface area contributed by atoms with E-state index in [1.807, 2.05) is 10.9 Å². The van der Waals surface area contributed by atoms with Crippen LogP contribution in [0, 0.1) is 22.5 Å². The van der Waals surface area contributed by atoms with Crippen LogP contribution in [0.15, 0.2) is 36.5 Å². The van der Waals surface area contributed by atoms with Crippen molar-refractivity contribution in [3.05, 3.63) is 45.8 Å². The molecule has 0 amide bonds. The Morgan fingerprint density at radius 1 is 1.25 bits per heavy atom. The first-order valence-electron chi connectivity index (χ1n) is 9.51. The number of methoxy groups -OCH3 is 1. The number of pyridine rings is 1. The number of nitrogens with zero attached hydrogens (tertiary/aromatic N) is 4. The van der Waals surface area contributed by atoms with Crippen LogP contribution < -0.4 is 4.90 Å². The number of esters is 1. The van der Waals surface area contributed by atoms with Crippen molar-refractivity contribution in [1.29, 1.82) is 0 Å². The maximum absolute atomic E-state index is 11.9. The largest absolute Gasteiger partial charge is 0.469 e. The van der Waals surface area contributed by atoms with Gasteiger partial charge in [-0.3, -0.25) is 4.79 Å². The van der Waals surface area contributed by atoms with E-state index in [0.29, 0.717) is 12.0 Å². The Bertz CT molecular complexity index is 1060. The lowest BCUT2D eigenvalue weighted by atomic mass is 9.95. The Morgan fingerprint density at radius 3 is 2.79 bits per heavy atom. The van der Waals surface area contributed by atoms with Crippen molar-refractivity contribution in [3.8, 4) is 5.69 Å². The molecule has 3 aromatic rings. The lowest BCUT2D eigenvalue weighted by Gasteiger charge is -2.31. The average molecular weight is 488 g/mol. The van der Waals surface area contributed by atoms with Crippen molar-refractivity contribution in [2.75, 3.05) is 18.6 Å². The van der Waals surface area contributed by atoms with Gasteiger partial charge in [0.05, 0.1) is 30.4 Å². The molecule has 1 saturated heterocycles. The number of hydrogen-bond donors (Lipinski definition) is 0. The molecule has 3 heterocycles. The molecule has 1 aliphatic carbocycles. The van der Waals surface area contributed by atoms with Crippen LogP contribution in [0.1, 0.15) is 18.4 Å². The first-order valence-corrected chi connectivity index (χ1v) is 10.6. The summed E-state index contributed by atoms with van der Waals surface area (Å²) in [6.07, 6.45) is 3.81. The SMILES string of the molecule is COC(=O)[C@@H]1C[C@@H]2C[C@H]1CN2c1ccc(-n2nc(I)c3cccc(C)c32)cn1. The van der Waals surface area contributed by atoms with Gasteiger partial charge in [-0.15, -0.1) is 0 Å². The van der Waals surface area contributed by atoms with Gasteiger partial charge in [0.2, 0.25) is 0 Å². The summed E-state index contributed by atoms with van der Waals surface area (Å²) in [4.78, 5) is 19.0. The predicted molar refractivity (Wildman–Crippen MR) is 116 cm³/mol. The van der Waals surface area contributed by atoms with Gasteiger partial charge >= 0.3 is 5.97 Å². The van der Waals surface area contributed by atoms with E-state index < -0.39 is 0 Å². The molecule has 1 aromatic carbocycles. The van der Waals surface area contributed by atoms with Gasteiger partial charge in [-0.05, 0) is 66.0 Å². The van der Waals surface area contributed by atoms with Gasteiger partial charge in [0, 0.05) is 18.0 Å². The zero-order valence-electron chi connectivity index (χ0n) is 15.8. The van der Waals surface area contributed by atoms with Gasteiger partial charge in [-0.2, -0.15) is 5.10 Å². The Labute approximate surface area is 177 Å². The summed E-state index contributed by atoms with van der Waals surface area (Å²) in [5.41, 5.74) is 3.29. The van der Waals surface area contributed by atoms with Crippen LogP contribution in [-0.2, 0) is 9.53 Å². The molecule has 0 radical (unpaired) electrons. The normalized spacial score (nSPS) is 23.5. The number of rotatable bonds is 3. The third kappa shape index (κ3) is 2.70. The highest BCUT2D eigenvalue weighted by atomic mass is 127. The molecule has 3 atom stereocenters. The van der Waals surface area contributed by atoms with Gasteiger partial charge in [-0.1, -0.05) is 18.2 Å². The standard InChI is InChI=1S/C21H21IN4O2/c1-12-4-3-5-16-19(12)26(24-20(16)22)14-6-7-18(23-10-14)25-11-13-8-15(25)9-17(13)21(27)28-2/h3-7,10,13,15,17H,8-9,11H2,1-2H3/t13-,15-,17+/m0/s1. The number of para-hydroxylation sites is 1. The molecule has 0 unspecified atom stereocenters. The molecule has 2 aliphatic rings. The van der Waals surface area contributed by atoms with E-state index in [-0.39, 0.29) is 11.9 Å². The maximum Gasteiger partial charge on any atom is 0.309 e. The molecular weight excluding hydrogens is 467 g/mol. The van der Waals surface area contributed by atoms with Crippen molar-refractivity contribution in [1.82, 2.24) is 14.8 Å². The van der Waals surface area contributed by atoms with Crippen molar-refractivity contribution in [2.24, 2.45) is 11.8 Å². The molecule has 28 heavy (non-hydrogen) atoms. The van der Waals surface area contributed by atoms with Crippen LogP contribution >= 0.6 is 22.6 Å². The number of aryl methyl sites for hydroxylation is 1. The molecule has 1 saturated carbocycles. The van der Waals surface area contributed by atoms with E-state index in [0.717, 1.165) is 45.5 Å². The highest BCUT2D eigenvalue weighted by molar-refractivity contribution is 14.1. The van der Waals surface area contributed by atoms with Crippen LogP contribution in [0.4, 0.5) is 5.82 Å². The van der Waals surface area contributed by atoms with Gasteiger partial charge in [0.1, 0.15) is 9.52 Å². The average Bonchev–Trinajstić information content (AvgIpc) is 3.41. The Hall–Kier alpha value is -2.16. The Kier molecular flexibility index (Phi) is 4.30. The molecule has 1 aliphatic heterocycles. The molecule has 2 aromatic heterocycles. The summed E-state index contributed by atoms with van der Waals surface area (Å²) in [7, 11) is 1.48. The second-order valence-electron chi connectivity index (χ2n) is 7.72. The van der Waals surface area contributed by atoms with E-state index in [1.165, 1.54) is 12.7 Å². The number of carbonyl (C=O) groups is 1. The molecule has 0 spiro atoms. The highest BCUT2D eigenvalue weighted by Crippen LogP contribution is 2.44. The van der Waals surface area contributed by atoms with E-state index in [1.54, 1.807) is 0 Å². The molecule has 2 bridgehead atoms. The zero-order chi connectivity index (χ0) is 19.4. The summed E-state index contributed by atoms with van der Waals surface area (Å²) >= 11 is 2.28. The third-order valence-electron chi connectivity index (χ3n) is 6.18. The fraction of sp³-hybridized carbons (Fsp3) is 0.381. The minimum absolute atomic E-state index is 0.0472. The highest BCUT2D eigenvalue weighted by Gasteiger charge is 2.48. The predicted octanol–water partition coefficient (Wildman–Crippen LogP) is 3.72. The van der Waals surface area contributed by atoms with Gasteiger partial charge in [-0.25, -0.2) is 9.67 Å². The quantitative estimate of drug-likeness (QED) is 0.416. The number of anilines is 1. The summed E-state index contributed by atoms with van der Waals surface area (Å²) < 4.78 is 7.93. The Morgan fingerprint density at radius 2 is 2.11 bits per heavy atom. The molecule has 2 fully saturated rings. The Balaban J connectivity index is 1.42. The van der Waals surface area contributed by atoms with E-state index in [9.17, 15) is 4.79 Å². The first-order chi connectivity index (χ1) is 13.6. The molecular formula is C21H21IN4O2. The fourth-order valence-corrected chi connectivity index (χ4v) is 5.48. The van der Waals surface area contributed by atoms with Crippen LogP contribution in [0.2, 0.25) is 0 Å². The monoisotopic (exact) mass is 488 g/mol. The van der Waals surface area contributed by atoms with Crippen molar-refractivity contribution < 1.29 is 9.53 Å². The minimum atomic E-state index is -0.0639. The van der Waals surface area contributed by atoms with Crippen molar-refractivity contribution in [3.63, 3.8) is 0 Å². The first kappa shape index (κ1) is 17.9. The fourth-order valence-electron chi connectivity index (χ4n) is 4.83. The van der Waals surface area contributed by atoms with Gasteiger partial charge in [0.25, 0.3) is 0 Å². The summed E-state index contributed by atoms with van der Waals surface area (Å²) in [5.74, 6) is 1.33. The summed E-state index contributed by atoms with van der Waals surface area (Å²) in [6, 6.07) is 10.8. The molecule has 0 N–H and O–H groups in total. The number of carbonyl (C=O) groups excluding carboxylic acids is 1. The summed E-state index contributed by atoms with van der Waals surface area (Å²) in [5, 5.41) is 5.89. The lowest BCUT2D eigenvalue weighted by Crippen LogP contribution is -2.38. The van der Waals surface area contributed by atoms with Crippen LogP contribution in [-0.4, -0.2) is 40.4 Å². The lowest BCUT2D eigenvalue weighted by molar-refractivity contribution is -0.146. The molecule has 6 nitrogen and oxygen atoms in total. The topological polar surface area (TPSA) is 60.2 Å². The van der Waals surface area contributed by atoms with Crippen molar-refractivity contribution in [2.45, 2.75) is 25.8 Å². The summed E-state index contributed by atoms with van der Waals surface area (Å²) in [6.45, 7) is 2.98. The van der Waals surface area contributed by atoms with Crippen LogP contribution in [0.5, 0.6) is 0 Å². The maximum atomic E-state index is 11.9. The molecule has 5 rings (SSSR count). The van der Waals surface area contributed by atoms with Gasteiger partial charge < -0.3 is 9.64 Å². The van der Waals surface area contributed by atoms with E-state index >= 15 is 0 Å². The molecule has 7 heteroatoms. The number of hydrogen-bond acceptors (Lipinski definition) is 5. The number of piperidine rings is 1. The number of fused-ring (bicyclic) bond motifs is 3. The number of halogens is 1. The number of ether oxygens (including phenoxy) is 1. The van der Waals surface area contributed by atoms with Crippen LogP contribution in [0.25, 0.3) is 16.6 Å². The van der Waals surface area contributed by atoms with Crippen LogP contribution in [0.3, 0.4) is 0 Å². The van der Waals surface area contributed by atoms with Gasteiger partial charge in [0.15, 0.2) is 0 Å². The third-order valence-corrected chi connectivity index (χ3v) is 6.97. The second-order valence-corrected chi connectivity index (χ2v) is 8.74. The van der Waals surface area contributed by atoms with E-state index in [4.69, 9.17) is 14.8 Å². The second kappa shape index (κ2) is 6.72. The minimum Gasteiger partial charge on any atom is -0.469 e. The smallest absolute Gasteiger partial charge is 0.309 e.